The Kier molecular flexibility index (Phi) is 4.23. The van der Waals surface area contributed by atoms with E-state index < -0.39 is 5.97 Å². The number of nitrogens with zero attached hydrogens (tertiary/aromatic N) is 2. The smallest absolute Gasteiger partial charge is 0.309 e. The van der Waals surface area contributed by atoms with Gasteiger partial charge in [-0.1, -0.05) is 38.1 Å². The lowest BCUT2D eigenvalue weighted by Gasteiger charge is -2.09. The lowest BCUT2D eigenvalue weighted by molar-refractivity contribution is -0.136. The van der Waals surface area contributed by atoms with Crippen LogP contribution in [0.2, 0.25) is 0 Å². The van der Waals surface area contributed by atoms with Gasteiger partial charge in [0.05, 0.1) is 17.8 Å². The van der Waals surface area contributed by atoms with E-state index in [1.54, 1.807) is 4.68 Å². The summed E-state index contributed by atoms with van der Waals surface area (Å²) >= 11 is 0. The third-order valence-electron chi connectivity index (χ3n) is 3.65. The summed E-state index contributed by atoms with van der Waals surface area (Å²) in [5.74, 6) is -0.306. The summed E-state index contributed by atoms with van der Waals surface area (Å²) in [6.07, 6.45) is 1.08. The number of benzene rings is 1. The highest BCUT2D eigenvalue weighted by atomic mass is 16.4. The Morgan fingerprint density at radius 1 is 1.35 bits per heavy atom. The molecular weight excluding hydrogens is 252 g/mol. The molecule has 106 valence electrons. The van der Waals surface area contributed by atoms with E-state index in [0.29, 0.717) is 11.6 Å². The zero-order chi connectivity index (χ0) is 14.7. The van der Waals surface area contributed by atoms with Crippen LogP contribution in [0.1, 0.15) is 37.4 Å². The van der Waals surface area contributed by atoms with Crippen molar-refractivity contribution in [3.63, 3.8) is 0 Å². The zero-order valence-corrected chi connectivity index (χ0v) is 12.1. The summed E-state index contributed by atoms with van der Waals surface area (Å²) in [6.45, 7) is 4.39. The van der Waals surface area contributed by atoms with E-state index in [2.05, 4.69) is 43.2 Å². The fourth-order valence-corrected chi connectivity index (χ4v) is 2.26. The van der Waals surface area contributed by atoms with E-state index in [9.17, 15) is 4.79 Å². The quantitative estimate of drug-likeness (QED) is 0.909. The van der Waals surface area contributed by atoms with E-state index in [1.165, 1.54) is 5.56 Å². The van der Waals surface area contributed by atoms with Gasteiger partial charge in [-0.15, -0.1) is 0 Å². The normalized spacial score (nSPS) is 12.3. The molecule has 0 aliphatic carbocycles. The van der Waals surface area contributed by atoms with Gasteiger partial charge < -0.3 is 5.11 Å². The van der Waals surface area contributed by atoms with Gasteiger partial charge >= 0.3 is 5.97 Å². The average Bonchev–Trinajstić information content (AvgIpc) is 2.78. The minimum atomic E-state index is -0.859. The molecule has 0 saturated carbocycles. The Hall–Kier alpha value is -2.10. The van der Waals surface area contributed by atoms with Crippen LogP contribution >= 0.6 is 0 Å². The van der Waals surface area contributed by atoms with Crippen molar-refractivity contribution in [2.45, 2.75) is 32.6 Å². The maximum Gasteiger partial charge on any atom is 0.309 e. The second-order valence-corrected chi connectivity index (χ2v) is 5.15. The Morgan fingerprint density at radius 2 is 2.00 bits per heavy atom. The Labute approximate surface area is 119 Å². The lowest BCUT2D eigenvalue weighted by Crippen LogP contribution is -2.01. The molecule has 4 nitrogen and oxygen atoms in total. The Bertz CT molecular complexity index is 599. The summed E-state index contributed by atoms with van der Waals surface area (Å²) in [5.41, 5.74) is 3.91. The number of carboxylic acid groups (broad SMARTS) is 1. The molecule has 1 heterocycles. The van der Waals surface area contributed by atoms with Gasteiger partial charge in [-0.05, 0) is 29.5 Å². The van der Waals surface area contributed by atoms with Crippen LogP contribution in [0.15, 0.2) is 30.3 Å². The maximum atomic E-state index is 10.7. The Balaban J connectivity index is 2.27. The van der Waals surface area contributed by atoms with Crippen LogP contribution < -0.4 is 0 Å². The van der Waals surface area contributed by atoms with Crippen molar-refractivity contribution >= 4 is 5.97 Å². The SMILES string of the molecule is CCC(C)c1ccc(-c2cc(CC(=O)O)nn2C)cc1. The van der Waals surface area contributed by atoms with E-state index in [0.717, 1.165) is 17.7 Å². The molecule has 2 rings (SSSR count). The molecule has 0 radical (unpaired) electrons. The molecule has 0 aliphatic heterocycles. The molecule has 1 atom stereocenters. The fourth-order valence-electron chi connectivity index (χ4n) is 2.26. The van der Waals surface area contributed by atoms with Gasteiger partial charge in [-0.2, -0.15) is 5.10 Å². The van der Waals surface area contributed by atoms with Crippen molar-refractivity contribution in [3.05, 3.63) is 41.6 Å². The standard InChI is InChI=1S/C16H20N2O2/c1-4-11(2)12-5-7-13(8-6-12)15-9-14(10-16(19)20)17-18(15)3/h5-9,11H,4,10H2,1-3H3,(H,19,20). The molecule has 1 aromatic carbocycles. The molecule has 0 saturated heterocycles. The number of aromatic nitrogens is 2. The largest absolute Gasteiger partial charge is 0.481 e. The van der Waals surface area contributed by atoms with E-state index >= 15 is 0 Å². The molecule has 4 heteroatoms. The summed E-state index contributed by atoms with van der Waals surface area (Å²) in [7, 11) is 1.84. The van der Waals surface area contributed by atoms with Crippen LogP contribution in [0.25, 0.3) is 11.3 Å². The first-order chi connectivity index (χ1) is 9.51. The molecule has 2 aromatic rings. The minimum absolute atomic E-state index is 0.0429. The average molecular weight is 272 g/mol. The second kappa shape index (κ2) is 5.90. The van der Waals surface area contributed by atoms with Crippen molar-refractivity contribution in [2.75, 3.05) is 0 Å². The maximum absolute atomic E-state index is 10.7. The fraction of sp³-hybridized carbons (Fsp3) is 0.375. The highest BCUT2D eigenvalue weighted by Crippen LogP contribution is 2.24. The van der Waals surface area contributed by atoms with Gasteiger partial charge in [-0.3, -0.25) is 9.48 Å². The van der Waals surface area contributed by atoms with Crippen molar-refractivity contribution in [1.82, 2.24) is 9.78 Å². The molecule has 1 N–H and O–H groups in total. The van der Waals surface area contributed by atoms with Gasteiger partial charge in [0.1, 0.15) is 0 Å². The summed E-state index contributed by atoms with van der Waals surface area (Å²) in [6, 6.07) is 10.2. The third-order valence-corrected chi connectivity index (χ3v) is 3.65. The predicted octanol–water partition coefficient (Wildman–Crippen LogP) is 3.23. The summed E-state index contributed by atoms with van der Waals surface area (Å²) < 4.78 is 1.73. The molecule has 0 bridgehead atoms. The molecule has 1 unspecified atom stereocenters. The van der Waals surface area contributed by atoms with Crippen LogP contribution in [0.4, 0.5) is 0 Å². The monoisotopic (exact) mass is 272 g/mol. The zero-order valence-electron chi connectivity index (χ0n) is 12.1. The van der Waals surface area contributed by atoms with Gasteiger partial charge in [0.15, 0.2) is 0 Å². The number of aliphatic carboxylic acids is 1. The van der Waals surface area contributed by atoms with Gasteiger partial charge in [0.2, 0.25) is 0 Å². The van der Waals surface area contributed by atoms with Crippen LogP contribution in [0, 0.1) is 0 Å². The summed E-state index contributed by atoms with van der Waals surface area (Å²) in [4.78, 5) is 10.7. The van der Waals surface area contributed by atoms with E-state index in [-0.39, 0.29) is 6.42 Å². The van der Waals surface area contributed by atoms with Crippen LogP contribution in [0.3, 0.4) is 0 Å². The minimum Gasteiger partial charge on any atom is -0.481 e. The third kappa shape index (κ3) is 3.07. The number of carboxylic acids is 1. The highest BCUT2D eigenvalue weighted by molar-refractivity contribution is 5.70. The predicted molar refractivity (Wildman–Crippen MR) is 78.7 cm³/mol. The van der Waals surface area contributed by atoms with Crippen molar-refractivity contribution in [3.8, 4) is 11.3 Å². The summed E-state index contributed by atoms with van der Waals surface area (Å²) in [5, 5.41) is 13.0. The first-order valence-corrected chi connectivity index (χ1v) is 6.86. The molecule has 0 spiro atoms. The number of aryl methyl sites for hydroxylation is 1. The molecule has 1 aromatic heterocycles. The first kappa shape index (κ1) is 14.3. The number of carbonyl (C=O) groups is 1. The lowest BCUT2D eigenvalue weighted by atomic mass is 9.97. The van der Waals surface area contributed by atoms with Crippen LogP contribution in [-0.2, 0) is 18.3 Å². The van der Waals surface area contributed by atoms with Crippen molar-refractivity contribution in [1.29, 1.82) is 0 Å². The first-order valence-electron chi connectivity index (χ1n) is 6.86. The van der Waals surface area contributed by atoms with Crippen LogP contribution in [-0.4, -0.2) is 20.9 Å². The van der Waals surface area contributed by atoms with Gasteiger partial charge in [0, 0.05) is 7.05 Å². The van der Waals surface area contributed by atoms with E-state index in [4.69, 9.17) is 5.11 Å². The topological polar surface area (TPSA) is 55.1 Å². The highest BCUT2D eigenvalue weighted by Gasteiger charge is 2.10. The molecule has 0 aliphatic rings. The van der Waals surface area contributed by atoms with E-state index in [1.807, 2.05) is 13.1 Å². The molecule has 20 heavy (non-hydrogen) atoms. The van der Waals surface area contributed by atoms with Crippen molar-refractivity contribution < 1.29 is 9.90 Å². The van der Waals surface area contributed by atoms with Gasteiger partial charge in [0.25, 0.3) is 0 Å². The van der Waals surface area contributed by atoms with Crippen molar-refractivity contribution in [2.24, 2.45) is 7.05 Å². The molecule has 0 amide bonds. The number of rotatable bonds is 5. The molecule has 0 fully saturated rings. The van der Waals surface area contributed by atoms with Gasteiger partial charge in [-0.25, -0.2) is 0 Å². The number of hydrogen-bond donors (Lipinski definition) is 1. The molecular formula is C16H20N2O2. The van der Waals surface area contributed by atoms with Crippen LogP contribution in [0.5, 0.6) is 0 Å². The Morgan fingerprint density at radius 3 is 2.55 bits per heavy atom. The number of hydrogen-bond acceptors (Lipinski definition) is 2. The second-order valence-electron chi connectivity index (χ2n) is 5.15.